The predicted octanol–water partition coefficient (Wildman–Crippen LogP) is 4.87. The summed E-state index contributed by atoms with van der Waals surface area (Å²) in [7, 11) is 0. The van der Waals surface area contributed by atoms with Crippen LogP contribution in [-0.2, 0) is 0 Å². The van der Waals surface area contributed by atoms with Crippen LogP contribution in [0.25, 0.3) is 0 Å². The summed E-state index contributed by atoms with van der Waals surface area (Å²) in [4.78, 5) is 0. The van der Waals surface area contributed by atoms with Gasteiger partial charge in [0.2, 0.25) is 0 Å². The highest BCUT2D eigenvalue weighted by molar-refractivity contribution is 4.97. The topological polar surface area (TPSA) is 0 Å². The van der Waals surface area contributed by atoms with Gasteiger partial charge in [-0.25, -0.2) is 0 Å². The van der Waals surface area contributed by atoms with Crippen molar-refractivity contribution in [3.8, 4) is 0 Å². The molecule has 0 aromatic heterocycles. The SMILES string of the molecule is C=CCCCCCC=C(C)CCC. The van der Waals surface area contributed by atoms with Crippen molar-refractivity contribution in [2.24, 2.45) is 0 Å². The second-order valence-corrected chi connectivity index (χ2v) is 3.73. The van der Waals surface area contributed by atoms with Gasteiger partial charge in [-0.15, -0.1) is 6.58 Å². The van der Waals surface area contributed by atoms with Crippen molar-refractivity contribution in [2.75, 3.05) is 0 Å². The first kappa shape index (κ1) is 12.5. The average molecular weight is 180 g/mol. The van der Waals surface area contributed by atoms with Crippen molar-refractivity contribution >= 4 is 0 Å². The van der Waals surface area contributed by atoms with Crippen molar-refractivity contribution in [3.05, 3.63) is 24.3 Å². The lowest BCUT2D eigenvalue weighted by molar-refractivity contribution is 0.693. The third-order valence-electron chi connectivity index (χ3n) is 2.25. The van der Waals surface area contributed by atoms with Gasteiger partial charge in [0.1, 0.15) is 0 Å². The molecular formula is C13H24. The lowest BCUT2D eigenvalue weighted by atomic mass is 10.1. The lowest BCUT2D eigenvalue weighted by Crippen LogP contribution is -1.78. The van der Waals surface area contributed by atoms with Crippen molar-refractivity contribution in [3.63, 3.8) is 0 Å². The Morgan fingerprint density at radius 1 is 1.15 bits per heavy atom. The highest BCUT2D eigenvalue weighted by Crippen LogP contribution is 2.08. The van der Waals surface area contributed by atoms with Gasteiger partial charge in [-0.3, -0.25) is 0 Å². The lowest BCUT2D eigenvalue weighted by Gasteiger charge is -1.98. The standard InChI is InChI=1S/C13H24/c1-4-6-7-8-9-10-12-13(3)11-5-2/h4,12H,1,5-11H2,2-3H3. The maximum Gasteiger partial charge on any atom is -0.0326 e. The Bertz CT molecular complexity index is 142. The molecule has 0 aromatic carbocycles. The molecule has 0 aliphatic rings. The van der Waals surface area contributed by atoms with E-state index in [1.165, 1.54) is 44.9 Å². The monoisotopic (exact) mass is 180 g/mol. The zero-order valence-corrected chi connectivity index (χ0v) is 9.31. The van der Waals surface area contributed by atoms with Gasteiger partial charge in [-0.2, -0.15) is 0 Å². The Morgan fingerprint density at radius 3 is 2.46 bits per heavy atom. The van der Waals surface area contributed by atoms with Crippen molar-refractivity contribution in [1.29, 1.82) is 0 Å². The number of allylic oxidation sites excluding steroid dienone is 3. The highest BCUT2D eigenvalue weighted by Gasteiger charge is 1.88. The van der Waals surface area contributed by atoms with E-state index < -0.39 is 0 Å². The fourth-order valence-corrected chi connectivity index (χ4v) is 1.45. The molecule has 0 heterocycles. The summed E-state index contributed by atoms with van der Waals surface area (Å²) in [6, 6.07) is 0. The van der Waals surface area contributed by atoms with Crippen LogP contribution < -0.4 is 0 Å². The quantitative estimate of drug-likeness (QED) is 0.369. The van der Waals surface area contributed by atoms with Gasteiger partial charge in [-0.05, 0) is 39.0 Å². The molecule has 76 valence electrons. The average Bonchev–Trinajstić information content (AvgIpc) is 2.11. The van der Waals surface area contributed by atoms with E-state index in [0.717, 1.165) is 0 Å². The molecule has 0 unspecified atom stereocenters. The second kappa shape index (κ2) is 9.57. The Labute approximate surface area is 83.7 Å². The number of hydrogen-bond donors (Lipinski definition) is 0. The molecule has 0 radical (unpaired) electrons. The summed E-state index contributed by atoms with van der Waals surface area (Å²) in [5, 5.41) is 0. The molecule has 0 bridgehead atoms. The van der Waals surface area contributed by atoms with Gasteiger partial charge in [-0.1, -0.05) is 37.5 Å². The first-order valence-corrected chi connectivity index (χ1v) is 5.57. The third-order valence-corrected chi connectivity index (χ3v) is 2.25. The zero-order chi connectivity index (χ0) is 9.94. The molecule has 0 aliphatic heterocycles. The van der Waals surface area contributed by atoms with Gasteiger partial charge in [0, 0.05) is 0 Å². The fraction of sp³-hybridized carbons (Fsp3) is 0.692. The van der Waals surface area contributed by atoms with Gasteiger partial charge >= 0.3 is 0 Å². The summed E-state index contributed by atoms with van der Waals surface area (Å²) in [6.45, 7) is 8.20. The van der Waals surface area contributed by atoms with Crippen molar-refractivity contribution < 1.29 is 0 Å². The largest absolute Gasteiger partial charge is 0.103 e. The summed E-state index contributed by atoms with van der Waals surface area (Å²) < 4.78 is 0. The maximum absolute atomic E-state index is 3.72. The van der Waals surface area contributed by atoms with Crippen molar-refractivity contribution in [1.82, 2.24) is 0 Å². The molecule has 0 heteroatoms. The van der Waals surface area contributed by atoms with Crippen LogP contribution >= 0.6 is 0 Å². The molecule has 0 fully saturated rings. The first-order chi connectivity index (χ1) is 6.31. The number of rotatable bonds is 8. The molecule has 0 N–H and O–H groups in total. The van der Waals surface area contributed by atoms with Gasteiger partial charge < -0.3 is 0 Å². The van der Waals surface area contributed by atoms with Crippen LogP contribution in [0.3, 0.4) is 0 Å². The summed E-state index contributed by atoms with van der Waals surface area (Å²) in [5.41, 5.74) is 1.56. The number of hydrogen-bond acceptors (Lipinski definition) is 0. The van der Waals surface area contributed by atoms with Gasteiger partial charge in [0.05, 0.1) is 0 Å². The highest BCUT2D eigenvalue weighted by atomic mass is 13.9. The molecule has 0 aromatic rings. The van der Waals surface area contributed by atoms with Crippen LogP contribution in [0.5, 0.6) is 0 Å². The van der Waals surface area contributed by atoms with E-state index in [-0.39, 0.29) is 0 Å². The Morgan fingerprint density at radius 2 is 1.85 bits per heavy atom. The Kier molecular flexibility index (Phi) is 9.18. The van der Waals surface area contributed by atoms with Crippen LogP contribution in [0, 0.1) is 0 Å². The first-order valence-electron chi connectivity index (χ1n) is 5.57. The molecular weight excluding hydrogens is 156 g/mol. The molecule has 0 aliphatic carbocycles. The maximum atomic E-state index is 3.72. The molecule has 0 atom stereocenters. The van der Waals surface area contributed by atoms with Crippen LogP contribution in [-0.4, -0.2) is 0 Å². The molecule has 0 saturated carbocycles. The van der Waals surface area contributed by atoms with Crippen LogP contribution in [0.15, 0.2) is 24.3 Å². The van der Waals surface area contributed by atoms with Crippen LogP contribution in [0.4, 0.5) is 0 Å². The number of unbranched alkanes of at least 4 members (excludes halogenated alkanes) is 4. The smallest absolute Gasteiger partial charge is 0.0326 e. The second-order valence-electron chi connectivity index (χ2n) is 3.73. The van der Waals surface area contributed by atoms with Crippen LogP contribution in [0.1, 0.15) is 58.8 Å². The van der Waals surface area contributed by atoms with E-state index in [2.05, 4.69) is 26.5 Å². The minimum Gasteiger partial charge on any atom is -0.103 e. The van der Waals surface area contributed by atoms with E-state index in [9.17, 15) is 0 Å². The Hall–Kier alpha value is -0.520. The van der Waals surface area contributed by atoms with E-state index in [0.29, 0.717) is 0 Å². The van der Waals surface area contributed by atoms with E-state index in [1.807, 2.05) is 6.08 Å². The van der Waals surface area contributed by atoms with E-state index in [1.54, 1.807) is 5.57 Å². The van der Waals surface area contributed by atoms with Crippen molar-refractivity contribution in [2.45, 2.75) is 58.8 Å². The molecule has 0 amide bonds. The molecule has 0 saturated heterocycles. The van der Waals surface area contributed by atoms with Crippen LogP contribution in [0.2, 0.25) is 0 Å². The van der Waals surface area contributed by atoms with E-state index in [4.69, 9.17) is 0 Å². The summed E-state index contributed by atoms with van der Waals surface area (Å²) in [6.07, 6.45) is 13.4. The van der Waals surface area contributed by atoms with Gasteiger partial charge in [0.15, 0.2) is 0 Å². The minimum absolute atomic E-state index is 1.18. The molecule has 0 nitrogen and oxygen atoms in total. The Balaban J connectivity index is 3.22. The van der Waals surface area contributed by atoms with Gasteiger partial charge in [0.25, 0.3) is 0 Å². The third kappa shape index (κ3) is 9.39. The normalized spacial score (nSPS) is 11.7. The zero-order valence-electron chi connectivity index (χ0n) is 9.31. The molecule has 0 spiro atoms. The molecule has 0 rings (SSSR count). The fourth-order valence-electron chi connectivity index (χ4n) is 1.45. The summed E-state index contributed by atoms with van der Waals surface area (Å²) >= 11 is 0. The predicted molar refractivity (Wildman–Crippen MR) is 61.9 cm³/mol. The molecule has 13 heavy (non-hydrogen) atoms. The van der Waals surface area contributed by atoms with E-state index >= 15 is 0 Å². The summed E-state index contributed by atoms with van der Waals surface area (Å²) in [5.74, 6) is 0. The minimum atomic E-state index is 1.18.